The maximum absolute atomic E-state index is 12.2. The normalized spacial score (nSPS) is 20.9. The zero-order chi connectivity index (χ0) is 18.7. The monoisotopic (exact) mass is 413 g/mol. The van der Waals surface area contributed by atoms with Gasteiger partial charge < -0.3 is 10.1 Å². The molecular formula is C18H21Cl2N3O2S. The van der Waals surface area contributed by atoms with Gasteiger partial charge in [-0.2, -0.15) is 0 Å². The molecule has 1 aromatic carbocycles. The maximum atomic E-state index is 12.2. The van der Waals surface area contributed by atoms with E-state index in [4.69, 9.17) is 27.9 Å². The van der Waals surface area contributed by atoms with E-state index in [1.165, 1.54) is 11.3 Å². The molecule has 26 heavy (non-hydrogen) atoms. The summed E-state index contributed by atoms with van der Waals surface area (Å²) in [6, 6.07) is 5.19. The number of hydrogen-bond donors (Lipinski definition) is 1. The summed E-state index contributed by atoms with van der Waals surface area (Å²) in [5, 5.41) is 6.37. The van der Waals surface area contributed by atoms with Gasteiger partial charge in [-0.25, -0.2) is 4.98 Å². The first-order valence-corrected chi connectivity index (χ1v) is 10.1. The van der Waals surface area contributed by atoms with Crippen LogP contribution >= 0.6 is 34.5 Å². The largest absolute Gasteiger partial charge is 0.373 e. The minimum atomic E-state index is -0.127. The second-order valence-electron chi connectivity index (χ2n) is 6.57. The van der Waals surface area contributed by atoms with Gasteiger partial charge in [-0.05, 0) is 31.5 Å². The lowest BCUT2D eigenvalue weighted by Crippen LogP contribution is -2.44. The molecule has 0 spiro atoms. The van der Waals surface area contributed by atoms with Gasteiger partial charge in [-0.15, -0.1) is 11.3 Å². The molecule has 0 radical (unpaired) electrons. The van der Waals surface area contributed by atoms with Crippen LogP contribution in [0.2, 0.25) is 10.0 Å². The highest BCUT2D eigenvalue weighted by Crippen LogP contribution is 2.23. The quantitative estimate of drug-likeness (QED) is 0.795. The Hall–Kier alpha value is -1.18. The van der Waals surface area contributed by atoms with E-state index in [-0.39, 0.29) is 24.5 Å². The predicted molar refractivity (Wildman–Crippen MR) is 106 cm³/mol. The Balaban J connectivity index is 1.54. The molecular weight excluding hydrogens is 393 g/mol. The maximum Gasteiger partial charge on any atom is 0.230 e. The third-order valence-electron chi connectivity index (χ3n) is 4.03. The van der Waals surface area contributed by atoms with Crippen LogP contribution in [-0.4, -0.2) is 41.1 Å². The smallest absolute Gasteiger partial charge is 0.230 e. The Labute approximate surface area is 167 Å². The summed E-state index contributed by atoms with van der Waals surface area (Å²) in [6.45, 7) is 6.70. The van der Waals surface area contributed by atoms with Crippen LogP contribution < -0.4 is 5.32 Å². The van der Waals surface area contributed by atoms with Crippen molar-refractivity contribution in [3.63, 3.8) is 0 Å². The topological polar surface area (TPSA) is 54.5 Å². The van der Waals surface area contributed by atoms with Crippen LogP contribution in [0.1, 0.15) is 25.1 Å². The van der Waals surface area contributed by atoms with Gasteiger partial charge in [-0.1, -0.05) is 29.3 Å². The molecule has 2 atom stereocenters. The molecule has 1 saturated heterocycles. The van der Waals surface area contributed by atoms with E-state index in [1.807, 2.05) is 5.38 Å². The van der Waals surface area contributed by atoms with Crippen molar-refractivity contribution < 1.29 is 9.53 Å². The Morgan fingerprint density at radius 2 is 2.04 bits per heavy atom. The third-order valence-corrected chi connectivity index (χ3v) is 5.57. The first-order chi connectivity index (χ1) is 12.4. The van der Waals surface area contributed by atoms with Crippen LogP contribution in [0, 0.1) is 0 Å². The van der Waals surface area contributed by atoms with Gasteiger partial charge in [0.25, 0.3) is 0 Å². The van der Waals surface area contributed by atoms with E-state index < -0.39 is 0 Å². The SMILES string of the molecule is C[C@@H]1CN(Cc2csc(NC(=O)Cc3ccc(Cl)c(Cl)c3)n2)C[C@@H](C)O1. The van der Waals surface area contributed by atoms with Crippen molar-refractivity contribution in [3.8, 4) is 0 Å². The number of benzene rings is 1. The van der Waals surface area contributed by atoms with Crippen LogP contribution in [0.5, 0.6) is 0 Å². The number of nitrogens with zero attached hydrogens (tertiary/aromatic N) is 2. The Bertz CT molecular complexity index is 774. The van der Waals surface area contributed by atoms with Crippen molar-refractivity contribution in [1.82, 2.24) is 9.88 Å². The standard InChI is InChI=1S/C18H21Cl2N3O2S/c1-11-7-23(8-12(2)25-11)9-14-10-26-18(21-14)22-17(24)6-13-3-4-15(19)16(20)5-13/h3-5,10-12H,6-9H2,1-2H3,(H,21,22,24)/t11-,12-/m1/s1. The average Bonchev–Trinajstić information content (AvgIpc) is 2.96. The van der Waals surface area contributed by atoms with E-state index in [2.05, 4.69) is 29.0 Å². The molecule has 0 aliphatic carbocycles. The first kappa shape index (κ1) is 19.6. The molecule has 1 aliphatic rings. The second kappa shape index (κ2) is 8.67. The molecule has 3 rings (SSSR count). The lowest BCUT2D eigenvalue weighted by atomic mass is 10.1. The van der Waals surface area contributed by atoms with Gasteiger partial charge >= 0.3 is 0 Å². The van der Waals surface area contributed by atoms with E-state index in [9.17, 15) is 4.79 Å². The number of anilines is 1. The van der Waals surface area contributed by atoms with Crippen molar-refractivity contribution in [2.45, 2.75) is 39.0 Å². The van der Waals surface area contributed by atoms with Crippen molar-refractivity contribution in [2.75, 3.05) is 18.4 Å². The van der Waals surface area contributed by atoms with Crippen LogP contribution in [0.15, 0.2) is 23.6 Å². The third kappa shape index (κ3) is 5.41. The number of amides is 1. The van der Waals surface area contributed by atoms with Gasteiger partial charge in [-0.3, -0.25) is 9.69 Å². The molecule has 0 bridgehead atoms. The van der Waals surface area contributed by atoms with E-state index in [0.717, 1.165) is 30.9 Å². The van der Waals surface area contributed by atoms with Crippen LogP contribution in [-0.2, 0) is 22.5 Å². The number of hydrogen-bond acceptors (Lipinski definition) is 5. The van der Waals surface area contributed by atoms with Gasteiger partial charge in [0, 0.05) is 25.0 Å². The number of rotatable bonds is 5. The van der Waals surface area contributed by atoms with Gasteiger partial charge in [0.15, 0.2) is 5.13 Å². The fraction of sp³-hybridized carbons (Fsp3) is 0.444. The number of carbonyl (C=O) groups is 1. The summed E-state index contributed by atoms with van der Waals surface area (Å²) in [7, 11) is 0. The molecule has 1 aliphatic heterocycles. The lowest BCUT2D eigenvalue weighted by Gasteiger charge is -2.34. The molecule has 0 unspecified atom stereocenters. The minimum absolute atomic E-state index is 0.127. The molecule has 1 amide bonds. The fourth-order valence-electron chi connectivity index (χ4n) is 3.08. The second-order valence-corrected chi connectivity index (χ2v) is 8.24. The summed E-state index contributed by atoms with van der Waals surface area (Å²) in [4.78, 5) is 19.1. The number of thiazole rings is 1. The van der Waals surface area contributed by atoms with Crippen molar-refractivity contribution in [3.05, 3.63) is 44.9 Å². The highest BCUT2D eigenvalue weighted by atomic mass is 35.5. The van der Waals surface area contributed by atoms with E-state index in [1.54, 1.807) is 18.2 Å². The Kier molecular flexibility index (Phi) is 6.53. The van der Waals surface area contributed by atoms with Crippen molar-refractivity contribution in [2.24, 2.45) is 0 Å². The Morgan fingerprint density at radius 3 is 2.73 bits per heavy atom. The summed E-state index contributed by atoms with van der Waals surface area (Å²) in [5.41, 5.74) is 1.77. The first-order valence-electron chi connectivity index (χ1n) is 8.45. The molecule has 1 aromatic heterocycles. The van der Waals surface area contributed by atoms with E-state index in [0.29, 0.717) is 15.2 Å². The molecule has 140 valence electrons. The van der Waals surface area contributed by atoms with Gasteiger partial charge in [0.1, 0.15) is 0 Å². The van der Waals surface area contributed by atoms with Gasteiger partial charge in [0.05, 0.1) is 34.4 Å². The molecule has 5 nitrogen and oxygen atoms in total. The van der Waals surface area contributed by atoms with Crippen LogP contribution in [0.25, 0.3) is 0 Å². The van der Waals surface area contributed by atoms with Crippen LogP contribution in [0.3, 0.4) is 0 Å². The molecule has 1 N–H and O–H groups in total. The molecule has 1 fully saturated rings. The summed E-state index contributed by atoms with van der Waals surface area (Å²) in [5.74, 6) is -0.127. The fourth-order valence-corrected chi connectivity index (χ4v) is 4.12. The molecule has 2 aromatic rings. The van der Waals surface area contributed by atoms with Gasteiger partial charge in [0.2, 0.25) is 5.91 Å². The number of carbonyl (C=O) groups excluding carboxylic acids is 1. The highest BCUT2D eigenvalue weighted by Gasteiger charge is 2.22. The highest BCUT2D eigenvalue weighted by molar-refractivity contribution is 7.13. The van der Waals surface area contributed by atoms with Crippen molar-refractivity contribution in [1.29, 1.82) is 0 Å². The number of nitrogens with one attached hydrogen (secondary N) is 1. The Morgan fingerprint density at radius 1 is 1.31 bits per heavy atom. The summed E-state index contributed by atoms with van der Waals surface area (Å²) in [6.07, 6.45) is 0.676. The number of morpholine rings is 1. The summed E-state index contributed by atoms with van der Waals surface area (Å²) >= 11 is 13.3. The number of aromatic nitrogens is 1. The van der Waals surface area contributed by atoms with Crippen molar-refractivity contribution >= 4 is 45.6 Å². The van der Waals surface area contributed by atoms with E-state index >= 15 is 0 Å². The summed E-state index contributed by atoms with van der Waals surface area (Å²) < 4.78 is 5.75. The zero-order valence-corrected chi connectivity index (χ0v) is 17.0. The lowest BCUT2D eigenvalue weighted by molar-refractivity contribution is -0.115. The number of ether oxygens (including phenoxy) is 1. The average molecular weight is 414 g/mol. The molecule has 0 saturated carbocycles. The predicted octanol–water partition coefficient (Wildman–Crippen LogP) is 4.24. The molecule has 2 heterocycles. The molecule has 8 heteroatoms. The number of halogens is 2. The minimum Gasteiger partial charge on any atom is -0.373 e. The zero-order valence-electron chi connectivity index (χ0n) is 14.7. The van der Waals surface area contributed by atoms with Crippen LogP contribution in [0.4, 0.5) is 5.13 Å².